The Bertz CT molecular complexity index is 1300. The Kier molecular flexibility index (Phi) is 13.9. The molecule has 1 heterocycles. The number of nitrogens with one attached hydrogen (secondary N) is 5. The van der Waals surface area contributed by atoms with E-state index in [1.165, 1.54) is 11.8 Å². The predicted octanol–water partition coefficient (Wildman–Crippen LogP) is -3.33. The van der Waals surface area contributed by atoms with Crippen LogP contribution in [0.1, 0.15) is 18.4 Å². The summed E-state index contributed by atoms with van der Waals surface area (Å²) in [5.74, 6) is -5.63. The van der Waals surface area contributed by atoms with Crippen LogP contribution < -0.4 is 32.7 Å². The van der Waals surface area contributed by atoms with Gasteiger partial charge in [0.15, 0.2) is 0 Å². The van der Waals surface area contributed by atoms with Gasteiger partial charge in [0, 0.05) is 23.5 Å². The molecule has 0 fully saturated rings. The summed E-state index contributed by atoms with van der Waals surface area (Å²) in [5, 5.41) is 38.4. The lowest BCUT2D eigenvalue weighted by Crippen LogP contribution is -2.60. The Balaban J connectivity index is 2.34. The summed E-state index contributed by atoms with van der Waals surface area (Å²) in [6.45, 7) is -1.56. The highest BCUT2D eigenvalue weighted by atomic mass is 32.2. The third-order valence-electron chi connectivity index (χ3n) is 6.34. The van der Waals surface area contributed by atoms with E-state index in [0.29, 0.717) is 11.3 Å². The van der Waals surface area contributed by atoms with Crippen LogP contribution in [0.3, 0.4) is 0 Å². The van der Waals surface area contributed by atoms with Gasteiger partial charge in [0.1, 0.15) is 30.2 Å². The van der Waals surface area contributed by atoms with Crippen LogP contribution in [0.4, 0.5) is 0 Å². The van der Waals surface area contributed by atoms with Crippen molar-refractivity contribution in [2.45, 2.75) is 49.5 Å². The van der Waals surface area contributed by atoms with Crippen LogP contribution in [0, 0.1) is 0 Å². The summed E-state index contributed by atoms with van der Waals surface area (Å²) in [6, 6.07) is 0.0887. The molecule has 0 saturated carbocycles. The number of primary amides is 1. The van der Waals surface area contributed by atoms with E-state index in [1.807, 2.05) is 6.07 Å². The average Bonchev–Trinajstić information content (AvgIpc) is 3.38. The first-order valence-electron chi connectivity index (χ1n) is 13.2. The van der Waals surface area contributed by atoms with Gasteiger partial charge in [0.25, 0.3) is 0 Å². The average molecular weight is 624 g/mol. The van der Waals surface area contributed by atoms with E-state index in [-0.39, 0.29) is 12.8 Å². The molecule has 5 amide bonds. The number of hydrogen-bond donors (Lipinski definition) is 10. The molecule has 0 radical (unpaired) electrons. The van der Waals surface area contributed by atoms with Crippen molar-refractivity contribution in [1.82, 2.24) is 26.3 Å². The second-order valence-electron chi connectivity index (χ2n) is 9.57. The summed E-state index contributed by atoms with van der Waals surface area (Å²) in [5.41, 5.74) is 11.9. The highest BCUT2D eigenvalue weighted by Gasteiger charge is 2.32. The van der Waals surface area contributed by atoms with Crippen molar-refractivity contribution < 1.29 is 44.1 Å². The molecular formula is C26H37N7O9S. The monoisotopic (exact) mass is 623 g/mol. The van der Waals surface area contributed by atoms with Crippen molar-refractivity contribution in [2.24, 2.45) is 11.5 Å². The van der Waals surface area contributed by atoms with Crippen molar-refractivity contribution in [1.29, 1.82) is 0 Å². The summed E-state index contributed by atoms with van der Waals surface area (Å²) in [4.78, 5) is 77.7. The molecular weight excluding hydrogens is 586 g/mol. The number of rotatable bonds is 18. The van der Waals surface area contributed by atoms with Crippen molar-refractivity contribution in [3.63, 3.8) is 0 Å². The molecule has 2 rings (SSSR count). The molecule has 1 aromatic heterocycles. The molecule has 0 unspecified atom stereocenters. The molecule has 0 spiro atoms. The van der Waals surface area contributed by atoms with Gasteiger partial charge in [0.05, 0.1) is 19.6 Å². The number of para-hydroxylation sites is 1. The highest BCUT2D eigenvalue weighted by Crippen LogP contribution is 2.19. The van der Waals surface area contributed by atoms with E-state index in [9.17, 15) is 39.0 Å². The quantitative estimate of drug-likeness (QED) is 0.0784. The smallest absolute Gasteiger partial charge is 0.326 e. The molecule has 17 heteroatoms. The maximum absolute atomic E-state index is 13.6. The Hall–Kier alpha value is -4.19. The van der Waals surface area contributed by atoms with Gasteiger partial charge >= 0.3 is 5.97 Å². The molecule has 5 atom stereocenters. The second kappa shape index (κ2) is 17.1. The van der Waals surface area contributed by atoms with Gasteiger partial charge in [-0.05, 0) is 30.1 Å². The first-order valence-corrected chi connectivity index (χ1v) is 14.5. The number of carboxylic acids is 1. The minimum atomic E-state index is -1.63. The molecule has 0 aliphatic rings. The number of aromatic amines is 1. The van der Waals surface area contributed by atoms with E-state index >= 15 is 0 Å². The summed E-state index contributed by atoms with van der Waals surface area (Å²) < 4.78 is 0. The number of nitrogens with two attached hydrogens (primary N) is 2. The standard InChI is InChI=1S/C26H37N7O9S/c1-43-7-6-17(23(38)32-19(26(41)42)9-21(28)36)30-24(39)18(8-13-10-29-16-5-3-2-4-14(13)16)31-25(40)20(12-35)33-22(37)15(27)11-34/h2-5,10,15,17-20,29,34-35H,6-9,11-12,27H2,1H3,(H2,28,36)(H,30,39)(H,31,40)(H,32,38)(H,33,37)(H,41,42)/t15-,17-,18-,19-,20-/m0/s1. The molecule has 236 valence electrons. The number of hydrogen-bond acceptors (Lipinski definition) is 10. The van der Waals surface area contributed by atoms with Gasteiger partial charge in [-0.2, -0.15) is 11.8 Å². The number of aromatic nitrogens is 1. The fourth-order valence-electron chi connectivity index (χ4n) is 4.01. The van der Waals surface area contributed by atoms with Gasteiger partial charge < -0.3 is 53.0 Å². The normalized spacial score (nSPS) is 14.5. The summed E-state index contributed by atoms with van der Waals surface area (Å²) >= 11 is 1.36. The van der Waals surface area contributed by atoms with Gasteiger partial charge in [-0.15, -0.1) is 0 Å². The van der Waals surface area contributed by atoms with Crippen LogP contribution in [0.2, 0.25) is 0 Å². The van der Waals surface area contributed by atoms with E-state index < -0.39 is 85.3 Å². The molecule has 0 aliphatic heterocycles. The number of carbonyl (C=O) groups excluding carboxylic acids is 5. The van der Waals surface area contributed by atoms with Gasteiger partial charge in [0.2, 0.25) is 29.5 Å². The maximum Gasteiger partial charge on any atom is 0.326 e. The SMILES string of the molecule is CSCC[C@H](NC(=O)[C@H](Cc1c[nH]c2ccccc12)NC(=O)[C@H](CO)NC(=O)[C@@H](N)CO)C(=O)N[C@@H](CC(N)=O)C(=O)O. The highest BCUT2D eigenvalue weighted by molar-refractivity contribution is 7.98. The molecule has 43 heavy (non-hydrogen) atoms. The fourth-order valence-corrected chi connectivity index (χ4v) is 4.48. The minimum absolute atomic E-state index is 0.0732. The second-order valence-corrected chi connectivity index (χ2v) is 10.6. The zero-order chi connectivity index (χ0) is 32.1. The van der Waals surface area contributed by atoms with E-state index in [4.69, 9.17) is 16.6 Å². The first-order chi connectivity index (χ1) is 20.4. The third-order valence-corrected chi connectivity index (χ3v) is 6.99. The molecule has 1 aromatic carbocycles. The first kappa shape index (κ1) is 35.0. The summed E-state index contributed by atoms with van der Waals surface area (Å²) in [6.07, 6.45) is 2.72. The lowest BCUT2D eigenvalue weighted by Gasteiger charge is -2.26. The summed E-state index contributed by atoms with van der Waals surface area (Å²) in [7, 11) is 0. The van der Waals surface area contributed by atoms with Crippen LogP contribution in [0.15, 0.2) is 30.5 Å². The van der Waals surface area contributed by atoms with Crippen molar-refractivity contribution in [2.75, 3.05) is 25.2 Å². The van der Waals surface area contributed by atoms with Gasteiger partial charge in [-0.1, -0.05) is 18.2 Å². The molecule has 16 nitrogen and oxygen atoms in total. The number of benzene rings is 1. The molecule has 12 N–H and O–H groups in total. The lowest BCUT2D eigenvalue weighted by molar-refractivity contribution is -0.143. The van der Waals surface area contributed by atoms with Crippen molar-refractivity contribution in [3.8, 4) is 0 Å². The minimum Gasteiger partial charge on any atom is -0.480 e. The number of fused-ring (bicyclic) bond motifs is 1. The Labute approximate surface area is 250 Å². The Morgan fingerprint density at radius 3 is 2.05 bits per heavy atom. The van der Waals surface area contributed by atoms with Crippen LogP contribution in [0.25, 0.3) is 10.9 Å². The zero-order valence-corrected chi connectivity index (χ0v) is 24.2. The number of aliphatic hydroxyl groups excluding tert-OH is 2. The number of carbonyl (C=O) groups is 6. The predicted molar refractivity (Wildman–Crippen MR) is 156 cm³/mol. The number of aliphatic hydroxyl groups is 2. The Morgan fingerprint density at radius 1 is 0.860 bits per heavy atom. The third kappa shape index (κ3) is 10.5. The maximum atomic E-state index is 13.6. The number of amides is 5. The van der Waals surface area contributed by atoms with Crippen LogP contribution in [0.5, 0.6) is 0 Å². The van der Waals surface area contributed by atoms with Crippen molar-refractivity contribution >= 4 is 58.2 Å². The number of carboxylic acid groups (broad SMARTS) is 1. The van der Waals surface area contributed by atoms with E-state index in [1.54, 1.807) is 30.7 Å². The lowest BCUT2D eigenvalue weighted by atomic mass is 10.0. The number of H-pyrrole nitrogens is 1. The molecule has 0 saturated heterocycles. The molecule has 2 aromatic rings. The van der Waals surface area contributed by atoms with E-state index in [2.05, 4.69) is 26.3 Å². The van der Waals surface area contributed by atoms with Crippen molar-refractivity contribution in [3.05, 3.63) is 36.0 Å². The molecule has 0 bridgehead atoms. The molecule has 0 aliphatic carbocycles. The largest absolute Gasteiger partial charge is 0.480 e. The van der Waals surface area contributed by atoms with Crippen LogP contribution in [-0.4, -0.2) is 111 Å². The number of thioether (sulfide) groups is 1. The number of aliphatic carboxylic acids is 1. The van der Waals surface area contributed by atoms with E-state index in [0.717, 1.165) is 10.9 Å². The topological polar surface area (TPSA) is 279 Å². The zero-order valence-electron chi connectivity index (χ0n) is 23.4. The fraction of sp³-hybridized carbons (Fsp3) is 0.462. The Morgan fingerprint density at radius 2 is 1.44 bits per heavy atom. The van der Waals surface area contributed by atoms with Gasteiger partial charge in [-0.3, -0.25) is 24.0 Å². The van der Waals surface area contributed by atoms with Crippen LogP contribution >= 0.6 is 11.8 Å². The van der Waals surface area contributed by atoms with Gasteiger partial charge in [-0.25, -0.2) is 4.79 Å². The van der Waals surface area contributed by atoms with Crippen LogP contribution in [-0.2, 0) is 35.2 Å².